The van der Waals surface area contributed by atoms with Crippen LogP contribution < -0.4 is 29.6 Å². The second kappa shape index (κ2) is 11.3. The van der Waals surface area contributed by atoms with Gasteiger partial charge in [0.25, 0.3) is 0 Å². The van der Waals surface area contributed by atoms with Gasteiger partial charge in [0.2, 0.25) is 10.6 Å². The lowest BCUT2D eigenvalue weighted by molar-refractivity contribution is -0.270. The van der Waals surface area contributed by atoms with Gasteiger partial charge in [-0.3, -0.25) is 9.36 Å². The molecule has 0 N–H and O–H groups in total. The quantitative estimate of drug-likeness (QED) is 0.304. The lowest BCUT2D eigenvalue weighted by Crippen LogP contribution is -2.30. The minimum Gasteiger partial charge on any atom is -0.868 e. The lowest BCUT2D eigenvalue weighted by Gasteiger charge is -2.19. The SMILES string of the molecule is COc1cc(OCC[S+](C)c2c([O-])c3cccnc3n(Cc3ccccc3)c2=O)cc(OC)c1OC. The Morgan fingerprint density at radius 3 is 2.31 bits per heavy atom. The van der Waals surface area contributed by atoms with Crippen molar-refractivity contribution in [3.05, 3.63) is 76.7 Å². The molecule has 0 spiro atoms. The average Bonchev–Trinajstić information content (AvgIpc) is 2.91. The summed E-state index contributed by atoms with van der Waals surface area (Å²) in [6.07, 6.45) is 3.49. The molecule has 0 saturated heterocycles. The summed E-state index contributed by atoms with van der Waals surface area (Å²) in [4.78, 5) is 18.2. The van der Waals surface area contributed by atoms with Crippen molar-refractivity contribution in [3.63, 3.8) is 0 Å². The summed E-state index contributed by atoms with van der Waals surface area (Å²) in [7, 11) is 3.95. The highest BCUT2D eigenvalue weighted by molar-refractivity contribution is 7.96. The number of fused-ring (bicyclic) bond motifs is 1. The Hall–Kier alpha value is -3.85. The van der Waals surface area contributed by atoms with Gasteiger partial charge >= 0.3 is 5.56 Å². The summed E-state index contributed by atoms with van der Waals surface area (Å²) < 4.78 is 23.6. The first kappa shape index (κ1) is 25.2. The standard InChI is InChI=1S/C27H28N2O6S/c1-32-21-15-19(16-22(33-2)24(21)34-3)35-13-14-36(4)25-23(30)20-11-8-12-28-26(20)29(27(25)31)17-18-9-6-5-7-10-18/h5-12,15-16H,13-14,17H2,1-4H3. The van der Waals surface area contributed by atoms with Gasteiger partial charge in [0.05, 0.1) is 27.9 Å². The highest BCUT2D eigenvalue weighted by Crippen LogP contribution is 2.40. The monoisotopic (exact) mass is 508 g/mol. The van der Waals surface area contributed by atoms with Crippen LogP contribution in [0.3, 0.4) is 0 Å². The fourth-order valence-corrected chi connectivity index (χ4v) is 5.35. The third kappa shape index (κ3) is 5.06. The van der Waals surface area contributed by atoms with E-state index in [4.69, 9.17) is 18.9 Å². The number of pyridine rings is 2. The number of ether oxygens (including phenoxy) is 4. The molecule has 0 fully saturated rings. The van der Waals surface area contributed by atoms with Crippen molar-refractivity contribution >= 4 is 21.9 Å². The molecule has 2 heterocycles. The fraction of sp³-hybridized carbons (Fsp3) is 0.259. The minimum absolute atomic E-state index is 0.264. The normalized spacial score (nSPS) is 11.8. The molecule has 4 rings (SSSR count). The molecule has 0 aliphatic heterocycles. The number of methoxy groups -OCH3 is 3. The largest absolute Gasteiger partial charge is 0.868 e. The van der Waals surface area contributed by atoms with Crippen molar-refractivity contribution in [1.29, 1.82) is 0 Å². The van der Waals surface area contributed by atoms with Gasteiger partial charge in [0.15, 0.2) is 11.5 Å². The summed E-state index contributed by atoms with van der Waals surface area (Å²) in [6.45, 7) is 0.625. The van der Waals surface area contributed by atoms with E-state index in [1.165, 1.54) is 21.3 Å². The van der Waals surface area contributed by atoms with Crippen LogP contribution in [0.25, 0.3) is 11.0 Å². The topological polar surface area (TPSA) is 94.9 Å². The number of nitrogens with zero attached hydrogens (tertiary/aromatic N) is 2. The Bertz CT molecular complexity index is 1380. The van der Waals surface area contributed by atoms with Crippen LogP contribution in [0.5, 0.6) is 28.7 Å². The average molecular weight is 509 g/mol. The van der Waals surface area contributed by atoms with E-state index < -0.39 is 10.9 Å². The Kier molecular flexibility index (Phi) is 7.90. The summed E-state index contributed by atoms with van der Waals surface area (Å²) in [5, 5.41) is 13.8. The Balaban J connectivity index is 1.61. The third-order valence-electron chi connectivity index (χ3n) is 5.76. The summed E-state index contributed by atoms with van der Waals surface area (Å²) >= 11 is 0. The number of rotatable bonds is 10. The van der Waals surface area contributed by atoms with E-state index in [1.54, 1.807) is 35.0 Å². The van der Waals surface area contributed by atoms with Gasteiger partial charge in [0, 0.05) is 34.6 Å². The molecule has 0 bridgehead atoms. The van der Waals surface area contributed by atoms with Crippen LogP contribution in [-0.4, -0.2) is 49.5 Å². The van der Waals surface area contributed by atoms with Crippen molar-refractivity contribution in [2.24, 2.45) is 0 Å². The van der Waals surface area contributed by atoms with Gasteiger partial charge in [-0.15, -0.1) is 0 Å². The van der Waals surface area contributed by atoms with Crippen molar-refractivity contribution in [1.82, 2.24) is 9.55 Å². The molecular formula is C27H28N2O6S. The van der Waals surface area contributed by atoms with Crippen molar-refractivity contribution in [3.8, 4) is 28.7 Å². The molecule has 1 atom stereocenters. The van der Waals surface area contributed by atoms with Crippen molar-refractivity contribution < 1.29 is 24.1 Å². The maximum absolute atomic E-state index is 13.6. The molecule has 188 valence electrons. The number of hydrogen-bond acceptors (Lipinski definition) is 7. The smallest absolute Gasteiger partial charge is 0.307 e. The molecule has 0 radical (unpaired) electrons. The van der Waals surface area contributed by atoms with Crippen LogP contribution in [0.15, 0.2) is 70.5 Å². The van der Waals surface area contributed by atoms with Gasteiger partial charge < -0.3 is 24.1 Å². The van der Waals surface area contributed by atoms with Crippen molar-refractivity contribution in [2.45, 2.75) is 11.4 Å². The number of hydrogen-bond donors (Lipinski definition) is 0. The summed E-state index contributed by atoms with van der Waals surface area (Å²) in [5.74, 6) is 2.18. The van der Waals surface area contributed by atoms with Gasteiger partial charge in [-0.2, -0.15) is 0 Å². The van der Waals surface area contributed by atoms with Crippen LogP contribution in [0, 0.1) is 0 Å². The van der Waals surface area contributed by atoms with Gasteiger partial charge in [-0.1, -0.05) is 36.4 Å². The van der Waals surface area contributed by atoms with E-state index in [0.29, 0.717) is 52.9 Å². The van der Waals surface area contributed by atoms with Crippen LogP contribution in [-0.2, 0) is 17.4 Å². The molecule has 36 heavy (non-hydrogen) atoms. The zero-order valence-corrected chi connectivity index (χ0v) is 21.5. The highest BCUT2D eigenvalue weighted by atomic mass is 32.2. The lowest BCUT2D eigenvalue weighted by atomic mass is 10.2. The first-order valence-corrected chi connectivity index (χ1v) is 13.1. The molecule has 2 aromatic carbocycles. The zero-order chi connectivity index (χ0) is 25.7. The van der Waals surface area contributed by atoms with Crippen molar-refractivity contribution in [2.75, 3.05) is 39.9 Å². The maximum atomic E-state index is 13.6. The predicted molar refractivity (Wildman–Crippen MR) is 139 cm³/mol. The predicted octanol–water partition coefficient (Wildman–Crippen LogP) is 3.23. The fourth-order valence-electron chi connectivity index (χ4n) is 3.97. The zero-order valence-electron chi connectivity index (χ0n) is 20.6. The number of benzene rings is 2. The van der Waals surface area contributed by atoms with E-state index >= 15 is 0 Å². The molecule has 8 nitrogen and oxygen atoms in total. The van der Waals surface area contributed by atoms with E-state index in [2.05, 4.69) is 4.98 Å². The molecule has 9 heteroatoms. The van der Waals surface area contributed by atoms with Crippen LogP contribution in [0.2, 0.25) is 0 Å². The van der Waals surface area contributed by atoms with E-state index in [0.717, 1.165) is 5.56 Å². The summed E-state index contributed by atoms with van der Waals surface area (Å²) in [6, 6.07) is 16.5. The second-order valence-electron chi connectivity index (χ2n) is 7.96. The molecular weight excluding hydrogens is 480 g/mol. The molecule has 4 aromatic rings. The molecule has 1 unspecified atom stereocenters. The maximum Gasteiger partial charge on any atom is 0.307 e. The van der Waals surface area contributed by atoms with Crippen LogP contribution in [0.1, 0.15) is 5.56 Å². The molecule has 0 aliphatic carbocycles. The Morgan fingerprint density at radius 2 is 1.67 bits per heavy atom. The third-order valence-corrected chi connectivity index (χ3v) is 7.60. The minimum atomic E-state index is -0.661. The van der Waals surface area contributed by atoms with Gasteiger partial charge in [-0.05, 0) is 17.4 Å². The first-order valence-electron chi connectivity index (χ1n) is 11.3. The van der Waals surface area contributed by atoms with Gasteiger partial charge in [-0.25, -0.2) is 4.98 Å². The molecule has 0 saturated carbocycles. The number of aromatic nitrogens is 2. The Labute approximate surface area is 212 Å². The highest BCUT2D eigenvalue weighted by Gasteiger charge is 2.26. The second-order valence-corrected chi connectivity index (χ2v) is 10.1. The Morgan fingerprint density at radius 1 is 0.972 bits per heavy atom. The molecule has 2 aromatic heterocycles. The first-order chi connectivity index (χ1) is 17.5. The van der Waals surface area contributed by atoms with Crippen LogP contribution in [0.4, 0.5) is 0 Å². The molecule has 0 aliphatic rings. The molecule has 0 amide bonds. The van der Waals surface area contributed by atoms with E-state index in [1.807, 2.05) is 36.6 Å². The summed E-state index contributed by atoms with van der Waals surface area (Å²) in [5.41, 5.74) is 1.04. The van der Waals surface area contributed by atoms with Gasteiger partial charge in [0.1, 0.15) is 30.0 Å². The van der Waals surface area contributed by atoms with E-state index in [9.17, 15) is 9.90 Å². The van der Waals surface area contributed by atoms with E-state index in [-0.39, 0.29) is 16.2 Å². The van der Waals surface area contributed by atoms with Crippen LogP contribution >= 0.6 is 0 Å².